The lowest BCUT2D eigenvalue weighted by atomic mass is 10.1. The molecular formula is C12H12ClN3. The van der Waals surface area contributed by atoms with Crippen LogP contribution in [0.3, 0.4) is 0 Å². The monoisotopic (exact) mass is 233 g/mol. The second-order valence-corrected chi connectivity index (χ2v) is 3.96. The molecule has 0 aliphatic rings. The van der Waals surface area contributed by atoms with E-state index in [9.17, 15) is 0 Å². The van der Waals surface area contributed by atoms with Gasteiger partial charge in [-0.05, 0) is 25.1 Å². The Morgan fingerprint density at radius 3 is 2.50 bits per heavy atom. The summed E-state index contributed by atoms with van der Waals surface area (Å²) in [5.74, 6) is 0.657. The second kappa shape index (κ2) is 4.60. The molecule has 4 heteroatoms. The molecule has 0 aliphatic heterocycles. The Morgan fingerprint density at radius 2 is 1.88 bits per heavy atom. The van der Waals surface area contributed by atoms with Gasteiger partial charge in [-0.3, -0.25) is 0 Å². The number of hydrogen-bond acceptors (Lipinski definition) is 3. The van der Waals surface area contributed by atoms with Crippen molar-refractivity contribution in [2.75, 3.05) is 0 Å². The number of rotatable bonds is 2. The van der Waals surface area contributed by atoms with E-state index in [0.29, 0.717) is 17.4 Å². The maximum atomic E-state index is 5.84. The first-order chi connectivity index (χ1) is 7.69. The molecule has 0 fully saturated rings. The molecule has 82 valence electrons. The van der Waals surface area contributed by atoms with E-state index in [-0.39, 0.29) is 0 Å². The average Bonchev–Trinajstić information content (AvgIpc) is 2.29. The summed E-state index contributed by atoms with van der Waals surface area (Å²) in [5.41, 5.74) is 8.36. The van der Waals surface area contributed by atoms with Crippen LogP contribution in [-0.4, -0.2) is 9.97 Å². The highest BCUT2D eigenvalue weighted by Gasteiger charge is 2.03. The van der Waals surface area contributed by atoms with Crippen molar-refractivity contribution in [3.63, 3.8) is 0 Å². The molecule has 0 atom stereocenters. The van der Waals surface area contributed by atoms with Crippen LogP contribution in [0.5, 0.6) is 0 Å². The molecule has 0 radical (unpaired) electrons. The summed E-state index contributed by atoms with van der Waals surface area (Å²) in [6, 6.07) is 9.49. The van der Waals surface area contributed by atoms with Crippen LogP contribution in [0.2, 0.25) is 5.02 Å². The van der Waals surface area contributed by atoms with Crippen LogP contribution in [0, 0.1) is 6.92 Å². The Morgan fingerprint density at radius 1 is 1.19 bits per heavy atom. The number of halogens is 1. The van der Waals surface area contributed by atoms with Crippen LogP contribution in [0.15, 0.2) is 30.3 Å². The van der Waals surface area contributed by atoms with E-state index in [0.717, 1.165) is 17.0 Å². The lowest BCUT2D eigenvalue weighted by Gasteiger charge is -2.04. The fraction of sp³-hybridized carbons (Fsp3) is 0.167. The van der Waals surface area contributed by atoms with E-state index in [1.165, 1.54) is 0 Å². The normalized spacial score (nSPS) is 10.4. The Balaban J connectivity index is 2.47. The molecule has 1 aromatic heterocycles. The average molecular weight is 234 g/mol. The zero-order chi connectivity index (χ0) is 11.5. The van der Waals surface area contributed by atoms with E-state index in [2.05, 4.69) is 9.97 Å². The van der Waals surface area contributed by atoms with E-state index in [1.807, 2.05) is 37.3 Å². The van der Waals surface area contributed by atoms with E-state index in [1.54, 1.807) is 0 Å². The first-order valence-electron chi connectivity index (χ1n) is 4.99. The summed E-state index contributed by atoms with van der Waals surface area (Å²) in [5, 5.41) is 0.716. The quantitative estimate of drug-likeness (QED) is 0.868. The molecule has 0 amide bonds. The Bertz CT molecular complexity index is 494. The van der Waals surface area contributed by atoms with Gasteiger partial charge >= 0.3 is 0 Å². The number of nitrogens with two attached hydrogens (primary N) is 1. The van der Waals surface area contributed by atoms with E-state index in [4.69, 9.17) is 17.3 Å². The zero-order valence-electron chi connectivity index (χ0n) is 8.94. The van der Waals surface area contributed by atoms with Crippen LogP contribution in [-0.2, 0) is 6.54 Å². The van der Waals surface area contributed by atoms with Crippen molar-refractivity contribution in [2.24, 2.45) is 5.73 Å². The van der Waals surface area contributed by atoms with E-state index >= 15 is 0 Å². The minimum absolute atomic E-state index is 0.349. The molecule has 0 aliphatic carbocycles. The van der Waals surface area contributed by atoms with Crippen LogP contribution in [0.25, 0.3) is 11.3 Å². The first kappa shape index (κ1) is 11.0. The highest BCUT2D eigenvalue weighted by atomic mass is 35.5. The SMILES string of the molecule is Cc1cc(-c2ccc(Cl)cc2)nc(CN)n1. The van der Waals surface area contributed by atoms with Crippen molar-refractivity contribution >= 4 is 11.6 Å². The maximum Gasteiger partial charge on any atom is 0.142 e. The van der Waals surface area contributed by atoms with Crippen molar-refractivity contribution in [3.8, 4) is 11.3 Å². The lowest BCUT2D eigenvalue weighted by Crippen LogP contribution is -2.04. The molecule has 2 aromatic rings. The van der Waals surface area contributed by atoms with Gasteiger partial charge in [0.05, 0.1) is 12.2 Å². The molecule has 0 unspecified atom stereocenters. The van der Waals surface area contributed by atoms with Gasteiger partial charge in [0, 0.05) is 16.3 Å². The standard InChI is InChI=1S/C12H12ClN3/c1-8-6-11(16-12(7-14)15-8)9-2-4-10(13)5-3-9/h2-6H,7,14H2,1H3. The minimum atomic E-state index is 0.349. The zero-order valence-corrected chi connectivity index (χ0v) is 9.70. The molecule has 2 rings (SSSR count). The van der Waals surface area contributed by atoms with Gasteiger partial charge in [-0.2, -0.15) is 0 Å². The van der Waals surface area contributed by atoms with Crippen LogP contribution in [0.1, 0.15) is 11.5 Å². The number of hydrogen-bond donors (Lipinski definition) is 1. The van der Waals surface area contributed by atoms with Crippen molar-refractivity contribution in [3.05, 3.63) is 46.9 Å². The molecule has 1 heterocycles. The molecule has 3 nitrogen and oxygen atoms in total. The van der Waals surface area contributed by atoms with E-state index < -0.39 is 0 Å². The summed E-state index contributed by atoms with van der Waals surface area (Å²) in [4.78, 5) is 8.61. The smallest absolute Gasteiger partial charge is 0.142 e. The Hall–Kier alpha value is -1.45. The minimum Gasteiger partial charge on any atom is -0.324 e. The summed E-state index contributed by atoms with van der Waals surface area (Å²) in [6.07, 6.45) is 0. The number of aromatic nitrogens is 2. The van der Waals surface area contributed by atoms with Crippen LogP contribution in [0.4, 0.5) is 0 Å². The number of nitrogens with zero attached hydrogens (tertiary/aromatic N) is 2. The highest BCUT2D eigenvalue weighted by Crippen LogP contribution is 2.20. The number of aryl methyl sites for hydroxylation is 1. The van der Waals surface area contributed by atoms with Crippen molar-refractivity contribution in [2.45, 2.75) is 13.5 Å². The second-order valence-electron chi connectivity index (χ2n) is 3.52. The third-order valence-electron chi connectivity index (χ3n) is 2.22. The topological polar surface area (TPSA) is 51.8 Å². The summed E-state index contributed by atoms with van der Waals surface area (Å²) in [7, 11) is 0. The summed E-state index contributed by atoms with van der Waals surface area (Å²) >= 11 is 5.84. The van der Waals surface area contributed by atoms with Gasteiger partial charge in [0.2, 0.25) is 0 Å². The fourth-order valence-electron chi connectivity index (χ4n) is 1.49. The molecular weight excluding hydrogens is 222 g/mol. The third-order valence-corrected chi connectivity index (χ3v) is 2.48. The molecule has 2 N–H and O–H groups in total. The van der Waals surface area contributed by atoms with Gasteiger partial charge < -0.3 is 5.73 Å². The van der Waals surface area contributed by atoms with Crippen molar-refractivity contribution in [1.82, 2.24) is 9.97 Å². The largest absolute Gasteiger partial charge is 0.324 e. The first-order valence-corrected chi connectivity index (χ1v) is 5.37. The van der Waals surface area contributed by atoms with Gasteiger partial charge in [-0.15, -0.1) is 0 Å². The predicted molar refractivity (Wildman–Crippen MR) is 65.1 cm³/mol. The molecule has 0 spiro atoms. The Kier molecular flexibility index (Phi) is 3.17. The lowest BCUT2D eigenvalue weighted by molar-refractivity contribution is 0.894. The van der Waals surface area contributed by atoms with Gasteiger partial charge in [-0.25, -0.2) is 9.97 Å². The van der Waals surface area contributed by atoms with Crippen LogP contribution < -0.4 is 5.73 Å². The van der Waals surface area contributed by atoms with Gasteiger partial charge in [-0.1, -0.05) is 23.7 Å². The molecule has 0 saturated heterocycles. The fourth-order valence-corrected chi connectivity index (χ4v) is 1.62. The van der Waals surface area contributed by atoms with Gasteiger partial charge in [0.25, 0.3) is 0 Å². The molecule has 0 bridgehead atoms. The maximum absolute atomic E-state index is 5.84. The molecule has 16 heavy (non-hydrogen) atoms. The summed E-state index contributed by atoms with van der Waals surface area (Å²) < 4.78 is 0. The predicted octanol–water partition coefficient (Wildman–Crippen LogP) is 2.56. The Labute approximate surface area is 99.3 Å². The molecule has 0 saturated carbocycles. The van der Waals surface area contributed by atoms with Crippen LogP contribution >= 0.6 is 11.6 Å². The number of benzene rings is 1. The van der Waals surface area contributed by atoms with Crippen molar-refractivity contribution in [1.29, 1.82) is 0 Å². The van der Waals surface area contributed by atoms with Crippen molar-refractivity contribution < 1.29 is 0 Å². The summed E-state index contributed by atoms with van der Waals surface area (Å²) in [6.45, 7) is 2.28. The van der Waals surface area contributed by atoms with Gasteiger partial charge in [0.1, 0.15) is 5.82 Å². The highest BCUT2D eigenvalue weighted by molar-refractivity contribution is 6.30. The third kappa shape index (κ3) is 2.38. The van der Waals surface area contributed by atoms with Gasteiger partial charge in [0.15, 0.2) is 0 Å². The molecule has 1 aromatic carbocycles.